The zero-order chi connectivity index (χ0) is 20.3. The Morgan fingerprint density at radius 2 is 2.10 bits per heavy atom. The Balaban J connectivity index is 1.58. The number of nitrogens with zero attached hydrogens (tertiary/aromatic N) is 1. The maximum absolute atomic E-state index is 9.58. The highest BCUT2D eigenvalue weighted by atomic mass is 16.5. The summed E-state index contributed by atoms with van der Waals surface area (Å²) in [5, 5.41) is 12.8. The minimum absolute atomic E-state index is 0.252. The zero-order valence-electron chi connectivity index (χ0n) is 16.9. The smallest absolute Gasteiger partial charge is 0.169 e. The molecule has 4 nitrogen and oxygen atoms in total. The first kappa shape index (κ1) is 19.1. The van der Waals surface area contributed by atoms with Crippen molar-refractivity contribution < 1.29 is 9.47 Å². The van der Waals surface area contributed by atoms with Gasteiger partial charge in [0.25, 0.3) is 0 Å². The molecular weight excluding hydrogens is 360 g/mol. The standard InChI is InChI=1S/C25H26N2O2/c1-3-28-23-15-18(13-19(16-26)17-27-22-7-5-4-6-8-22)14-20-11-12-25(2,21-9-10-21)29-24(20)23/h4-8,11-12,14-15,17,21,27H,3,9-10,13H2,1-2H3/b19-17-. The minimum atomic E-state index is -0.252. The molecule has 4 heteroatoms. The van der Waals surface area contributed by atoms with Crippen molar-refractivity contribution in [3.05, 3.63) is 71.4 Å². The zero-order valence-corrected chi connectivity index (χ0v) is 16.9. The van der Waals surface area contributed by atoms with Crippen LogP contribution in [-0.2, 0) is 6.42 Å². The Hall–Kier alpha value is -3.19. The summed E-state index contributed by atoms with van der Waals surface area (Å²) in [4.78, 5) is 0. The Kier molecular flexibility index (Phi) is 5.31. The van der Waals surface area contributed by atoms with E-state index in [1.165, 1.54) is 12.8 Å². The molecule has 1 heterocycles. The van der Waals surface area contributed by atoms with Crippen LogP contribution in [0.5, 0.6) is 11.5 Å². The summed E-state index contributed by atoms with van der Waals surface area (Å²) < 4.78 is 12.3. The summed E-state index contributed by atoms with van der Waals surface area (Å²) in [6.07, 6.45) is 9.03. The van der Waals surface area contributed by atoms with Crippen LogP contribution >= 0.6 is 0 Å². The molecule has 148 valence electrons. The fraction of sp³-hybridized carbons (Fsp3) is 0.320. The summed E-state index contributed by atoms with van der Waals surface area (Å²) in [7, 11) is 0. The lowest BCUT2D eigenvalue weighted by Gasteiger charge is -2.33. The molecule has 0 bridgehead atoms. The van der Waals surface area contributed by atoms with E-state index in [9.17, 15) is 5.26 Å². The van der Waals surface area contributed by atoms with Crippen molar-refractivity contribution in [2.45, 2.75) is 38.7 Å². The number of anilines is 1. The van der Waals surface area contributed by atoms with Gasteiger partial charge in [0.1, 0.15) is 5.60 Å². The number of rotatable bonds is 7. The molecule has 4 rings (SSSR count). The number of benzene rings is 2. The highest BCUT2D eigenvalue weighted by Gasteiger charge is 2.44. The maximum Gasteiger partial charge on any atom is 0.169 e. The van der Waals surface area contributed by atoms with Gasteiger partial charge in [-0.25, -0.2) is 0 Å². The van der Waals surface area contributed by atoms with Gasteiger partial charge in [-0.15, -0.1) is 0 Å². The van der Waals surface area contributed by atoms with Crippen LogP contribution in [0, 0.1) is 17.2 Å². The average molecular weight is 386 g/mol. The quantitative estimate of drug-likeness (QED) is 0.618. The number of hydrogen-bond donors (Lipinski definition) is 1. The van der Waals surface area contributed by atoms with Crippen LogP contribution in [0.4, 0.5) is 5.69 Å². The summed E-state index contributed by atoms with van der Waals surface area (Å²) in [6, 6.07) is 16.2. The summed E-state index contributed by atoms with van der Waals surface area (Å²) in [6.45, 7) is 4.70. The first-order chi connectivity index (χ1) is 14.1. The molecule has 1 aliphatic carbocycles. The topological polar surface area (TPSA) is 54.3 Å². The molecule has 2 aliphatic rings. The Labute approximate surface area is 172 Å². The molecule has 0 aromatic heterocycles. The van der Waals surface area contributed by atoms with E-state index in [4.69, 9.17) is 9.47 Å². The fourth-order valence-electron chi connectivity index (χ4n) is 3.71. The normalized spacial score (nSPS) is 20.4. The van der Waals surface area contributed by atoms with Crippen molar-refractivity contribution in [3.63, 3.8) is 0 Å². The summed E-state index contributed by atoms with van der Waals surface area (Å²) in [5.41, 5.74) is 3.39. The highest BCUT2D eigenvalue weighted by Crippen LogP contribution is 2.48. The van der Waals surface area contributed by atoms with Crippen molar-refractivity contribution in [1.82, 2.24) is 0 Å². The molecule has 2 aromatic rings. The molecule has 0 saturated heterocycles. The molecule has 1 saturated carbocycles. The lowest BCUT2D eigenvalue weighted by molar-refractivity contribution is 0.107. The number of para-hydroxylation sites is 1. The van der Waals surface area contributed by atoms with Crippen LogP contribution in [0.3, 0.4) is 0 Å². The third-order valence-electron chi connectivity index (χ3n) is 5.47. The molecule has 29 heavy (non-hydrogen) atoms. The molecule has 0 spiro atoms. The van der Waals surface area contributed by atoms with Crippen molar-refractivity contribution in [3.8, 4) is 17.6 Å². The lowest BCUT2D eigenvalue weighted by atomic mass is 9.93. The van der Waals surface area contributed by atoms with E-state index in [-0.39, 0.29) is 5.60 Å². The van der Waals surface area contributed by atoms with Crippen molar-refractivity contribution in [1.29, 1.82) is 5.26 Å². The predicted octanol–water partition coefficient (Wildman–Crippen LogP) is 5.72. The monoisotopic (exact) mass is 386 g/mol. The van der Waals surface area contributed by atoms with Crippen molar-refractivity contribution in [2.75, 3.05) is 11.9 Å². The van der Waals surface area contributed by atoms with Crippen molar-refractivity contribution >= 4 is 11.8 Å². The maximum atomic E-state index is 9.58. The van der Waals surface area contributed by atoms with E-state index in [0.29, 0.717) is 24.5 Å². The summed E-state index contributed by atoms with van der Waals surface area (Å²) in [5.74, 6) is 2.15. The van der Waals surface area contributed by atoms with E-state index < -0.39 is 0 Å². The van der Waals surface area contributed by atoms with Crippen molar-refractivity contribution in [2.24, 2.45) is 5.92 Å². The van der Waals surface area contributed by atoms with Crippen LogP contribution < -0.4 is 14.8 Å². The van der Waals surface area contributed by atoms with E-state index in [1.807, 2.05) is 43.3 Å². The lowest BCUT2D eigenvalue weighted by Crippen LogP contribution is -2.34. The van der Waals surface area contributed by atoms with Gasteiger partial charge in [0.15, 0.2) is 11.5 Å². The number of fused-ring (bicyclic) bond motifs is 1. The molecule has 1 atom stereocenters. The molecule has 1 unspecified atom stereocenters. The van der Waals surface area contributed by atoms with Crippen LogP contribution in [0.1, 0.15) is 37.8 Å². The molecule has 1 N–H and O–H groups in total. The number of hydrogen-bond acceptors (Lipinski definition) is 4. The van der Waals surface area contributed by atoms with E-state index >= 15 is 0 Å². The van der Waals surface area contributed by atoms with Gasteiger partial charge in [-0.05, 0) is 62.6 Å². The first-order valence-electron chi connectivity index (χ1n) is 10.2. The van der Waals surface area contributed by atoms with E-state index in [1.54, 1.807) is 6.20 Å². The van der Waals surface area contributed by atoms with Gasteiger partial charge in [0.2, 0.25) is 0 Å². The van der Waals surface area contributed by atoms with Gasteiger partial charge >= 0.3 is 0 Å². The van der Waals surface area contributed by atoms with Crippen LogP contribution in [0.2, 0.25) is 0 Å². The van der Waals surface area contributed by atoms with Crippen LogP contribution in [-0.4, -0.2) is 12.2 Å². The van der Waals surface area contributed by atoms with Crippen LogP contribution in [0.15, 0.2) is 60.3 Å². The number of nitrogens with one attached hydrogen (secondary N) is 1. The second kappa shape index (κ2) is 8.05. The molecule has 0 amide bonds. The number of nitriles is 1. The minimum Gasteiger partial charge on any atom is -0.490 e. The number of allylic oxidation sites excluding steroid dienone is 1. The highest BCUT2D eigenvalue weighted by molar-refractivity contribution is 5.67. The Morgan fingerprint density at radius 3 is 2.79 bits per heavy atom. The molecular formula is C25H26N2O2. The van der Waals surface area contributed by atoms with E-state index in [0.717, 1.165) is 28.3 Å². The molecule has 1 aliphatic heterocycles. The third-order valence-corrected chi connectivity index (χ3v) is 5.47. The molecule has 2 aromatic carbocycles. The third kappa shape index (κ3) is 4.30. The van der Waals surface area contributed by atoms with E-state index in [2.05, 4.69) is 36.5 Å². The van der Waals surface area contributed by atoms with Gasteiger partial charge in [-0.2, -0.15) is 5.26 Å². The molecule has 0 radical (unpaired) electrons. The molecule has 1 fully saturated rings. The van der Waals surface area contributed by atoms with Gasteiger partial charge < -0.3 is 14.8 Å². The Morgan fingerprint density at radius 1 is 1.31 bits per heavy atom. The summed E-state index contributed by atoms with van der Waals surface area (Å²) >= 11 is 0. The predicted molar refractivity (Wildman–Crippen MR) is 116 cm³/mol. The van der Waals surface area contributed by atoms with Gasteiger partial charge in [-0.1, -0.05) is 24.3 Å². The average Bonchev–Trinajstić information content (AvgIpc) is 3.59. The SMILES string of the molecule is CCOc1cc(C/C(C#N)=C/Nc2ccccc2)cc2c1OC(C)(C1CC1)C=C2. The van der Waals surface area contributed by atoms with Gasteiger partial charge in [-0.3, -0.25) is 0 Å². The van der Waals surface area contributed by atoms with Crippen LogP contribution in [0.25, 0.3) is 6.08 Å². The number of ether oxygens (including phenoxy) is 2. The van der Waals surface area contributed by atoms with Gasteiger partial charge in [0, 0.05) is 35.4 Å². The largest absolute Gasteiger partial charge is 0.490 e. The Bertz CT molecular complexity index is 984. The first-order valence-corrected chi connectivity index (χ1v) is 10.2. The second-order valence-electron chi connectivity index (χ2n) is 7.81. The van der Waals surface area contributed by atoms with Gasteiger partial charge in [0.05, 0.1) is 12.7 Å². The fourth-order valence-corrected chi connectivity index (χ4v) is 3.71. The second-order valence-corrected chi connectivity index (χ2v) is 7.81.